The normalized spacial score (nSPS) is 19.4. The van der Waals surface area contributed by atoms with Gasteiger partial charge in [0.25, 0.3) is 0 Å². The number of hydrogen-bond acceptors (Lipinski definition) is 3. The van der Waals surface area contributed by atoms with Crippen molar-refractivity contribution in [3.8, 4) is 0 Å². The van der Waals surface area contributed by atoms with E-state index in [1.807, 2.05) is 6.92 Å². The van der Waals surface area contributed by atoms with Gasteiger partial charge in [0.2, 0.25) is 5.91 Å². The molecule has 0 spiro atoms. The fourth-order valence-corrected chi connectivity index (χ4v) is 2.50. The van der Waals surface area contributed by atoms with Crippen LogP contribution < -0.4 is 10.6 Å². The van der Waals surface area contributed by atoms with Gasteiger partial charge in [-0.1, -0.05) is 12.1 Å². The molecule has 116 valence electrons. The number of amides is 1. The number of carbonyl (C=O) groups excluding carboxylic acids is 1. The molecule has 2 atom stereocenters. The highest BCUT2D eigenvalue weighted by Crippen LogP contribution is 2.10. The monoisotopic (exact) mass is 294 g/mol. The van der Waals surface area contributed by atoms with Gasteiger partial charge < -0.3 is 15.4 Å². The zero-order valence-corrected chi connectivity index (χ0v) is 12.4. The fourth-order valence-electron chi connectivity index (χ4n) is 2.50. The molecule has 4 nitrogen and oxygen atoms in total. The first kappa shape index (κ1) is 15.9. The Bertz CT molecular complexity index is 444. The third-order valence-corrected chi connectivity index (χ3v) is 3.54. The number of hydrogen-bond donors (Lipinski definition) is 2. The lowest BCUT2D eigenvalue weighted by molar-refractivity contribution is -0.120. The number of carbonyl (C=O) groups is 1. The second-order valence-corrected chi connectivity index (χ2v) is 5.57. The highest BCUT2D eigenvalue weighted by Gasteiger charge is 2.15. The first-order chi connectivity index (χ1) is 10.1. The molecule has 1 heterocycles. The minimum Gasteiger partial charge on any atom is -0.377 e. The molecule has 0 radical (unpaired) electrons. The number of nitrogens with one attached hydrogen (secondary N) is 2. The van der Waals surface area contributed by atoms with Crippen LogP contribution in [0.5, 0.6) is 0 Å². The molecule has 1 fully saturated rings. The molecule has 1 saturated heterocycles. The van der Waals surface area contributed by atoms with Gasteiger partial charge >= 0.3 is 0 Å². The van der Waals surface area contributed by atoms with Crippen LogP contribution in [0.3, 0.4) is 0 Å². The first-order valence-corrected chi connectivity index (χ1v) is 7.49. The summed E-state index contributed by atoms with van der Waals surface area (Å²) in [5.41, 5.74) is 1.01. The van der Waals surface area contributed by atoms with Crippen LogP contribution in [0, 0.1) is 5.82 Å². The summed E-state index contributed by atoms with van der Waals surface area (Å²) in [4.78, 5) is 11.8. The largest absolute Gasteiger partial charge is 0.377 e. The van der Waals surface area contributed by atoms with Gasteiger partial charge in [0.1, 0.15) is 5.82 Å². The second-order valence-electron chi connectivity index (χ2n) is 5.57. The quantitative estimate of drug-likeness (QED) is 0.804. The van der Waals surface area contributed by atoms with Crippen LogP contribution in [-0.2, 0) is 16.0 Å². The van der Waals surface area contributed by atoms with E-state index in [0.29, 0.717) is 13.0 Å². The summed E-state index contributed by atoms with van der Waals surface area (Å²) >= 11 is 0. The Morgan fingerprint density at radius 3 is 2.86 bits per heavy atom. The molecular weight excluding hydrogens is 271 g/mol. The average Bonchev–Trinajstić information content (AvgIpc) is 2.94. The number of rotatable bonds is 7. The van der Waals surface area contributed by atoms with Crippen molar-refractivity contribution in [2.24, 2.45) is 0 Å². The maximum atomic E-state index is 12.8. The van der Waals surface area contributed by atoms with Crippen LogP contribution in [0.25, 0.3) is 0 Å². The van der Waals surface area contributed by atoms with E-state index in [4.69, 9.17) is 4.74 Å². The molecule has 1 aromatic carbocycles. The van der Waals surface area contributed by atoms with Crippen LogP contribution in [-0.4, -0.2) is 37.7 Å². The van der Waals surface area contributed by atoms with E-state index in [2.05, 4.69) is 10.6 Å². The van der Waals surface area contributed by atoms with Crippen LogP contribution in [0.15, 0.2) is 24.3 Å². The maximum absolute atomic E-state index is 12.8. The Morgan fingerprint density at radius 2 is 2.19 bits per heavy atom. The summed E-state index contributed by atoms with van der Waals surface area (Å²) in [6, 6.07) is 6.38. The smallest absolute Gasteiger partial charge is 0.234 e. The Morgan fingerprint density at radius 1 is 1.43 bits per heavy atom. The molecule has 0 unspecified atom stereocenters. The third kappa shape index (κ3) is 5.81. The van der Waals surface area contributed by atoms with Crippen molar-refractivity contribution < 1.29 is 13.9 Å². The van der Waals surface area contributed by atoms with E-state index in [9.17, 15) is 9.18 Å². The molecule has 21 heavy (non-hydrogen) atoms. The van der Waals surface area contributed by atoms with E-state index < -0.39 is 0 Å². The first-order valence-electron chi connectivity index (χ1n) is 7.49. The van der Waals surface area contributed by atoms with E-state index >= 15 is 0 Å². The topological polar surface area (TPSA) is 50.4 Å². The molecule has 1 aliphatic heterocycles. The summed E-state index contributed by atoms with van der Waals surface area (Å²) in [6.07, 6.45) is 3.11. The molecule has 5 heteroatoms. The van der Waals surface area contributed by atoms with Crippen molar-refractivity contribution in [3.63, 3.8) is 0 Å². The zero-order chi connectivity index (χ0) is 15.1. The van der Waals surface area contributed by atoms with Crippen LogP contribution in [0.4, 0.5) is 4.39 Å². The molecule has 2 rings (SSSR count). The average molecular weight is 294 g/mol. The predicted molar refractivity (Wildman–Crippen MR) is 79.6 cm³/mol. The molecular formula is C16H23FN2O2. The van der Waals surface area contributed by atoms with E-state index in [0.717, 1.165) is 31.6 Å². The molecule has 0 aliphatic carbocycles. The molecule has 2 N–H and O–H groups in total. The highest BCUT2D eigenvalue weighted by atomic mass is 19.1. The minimum absolute atomic E-state index is 0.0208. The van der Waals surface area contributed by atoms with Crippen molar-refractivity contribution in [1.29, 1.82) is 0 Å². The molecule has 1 aromatic rings. The van der Waals surface area contributed by atoms with Gasteiger partial charge in [-0.15, -0.1) is 0 Å². The van der Waals surface area contributed by atoms with Crippen LogP contribution >= 0.6 is 0 Å². The molecule has 1 aliphatic rings. The molecule has 0 saturated carbocycles. The van der Waals surface area contributed by atoms with Crippen molar-refractivity contribution in [3.05, 3.63) is 35.6 Å². The van der Waals surface area contributed by atoms with Crippen molar-refractivity contribution >= 4 is 5.91 Å². The Balaban J connectivity index is 1.63. The fraction of sp³-hybridized carbons (Fsp3) is 0.562. The van der Waals surface area contributed by atoms with E-state index in [1.165, 1.54) is 12.1 Å². The minimum atomic E-state index is -0.242. The van der Waals surface area contributed by atoms with Gasteiger partial charge in [0, 0.05) is 19.2 Å². The number of ether oxygens (including phenoxy) is 1. The lowest BCUT2D eigenvalue weighted by Gasteiger charge is -2.15. The standard InChI is InChI=1S/C16H23FN2O2/c1-12(9-13-4-6-14(17)7-5-13)19-16(20)11-18-10-15-3-2-8-21-15/h4-7,12,15,18H,2-3,8-11H2,1H3,(H,19,20)/t12-,15+/m0/s1. The summed E-state index contributed by atoms with van der Waals surface area (Å²) in [6.45, 7) is 3.79. The number of halogens is 1. The Hall–Kier alpha value is -1.46. The van der Waals surface area contributed by atoms with Gasteiger partial charge in [-0.3, -0.25) is 4.79 Å². The third-order valence-electron chi connectivity index (χ3n) is 3.54. The molecule has 1 amide bonds. The van der Waals surface area contributed by atoms with E-state index in [1.54, 1.807) is 12.1 Å². The molecule has 0 bridgehead atoms. The van der Waals surface area contributed by atoms with Crippen LogP contribution in [0.2, 0.25) is 0 Å². The van der Waals surface area contributed by atoms with Crippen molar-refractivity contribution in [2.45, 2.75) is 38.3 Å². The Kier molecular flexibility index (Phi) is 6.14. The SMILES string of the molecule is C[C@@H](Cc1ccc(F)cc1)NC(=O)CNC[C@H]1CCCO1. The maximum Gasteiger partial charge on any atom is 0.234 e. The lowest BCUT2D eigenvalue weighted by atomic mass is 10.1. The van der Waals surface area contributed by atoms with E-state index in [-0.39, 0.29) is 23.9 Å². The van der Waals surface area contributed by atoms with Crippen LogP contribution in [0.1, 0.15) is 25.3 Å². The molecule has 0 aromatic heterocycles. The summed E-state index contributed by atoms with van der Waals surface area (Å²) in [5, 5.41) is 6.05. The Labute approximate surface area is 125 Å². The summed E-state index contributed by atoms with van der Waals surface area (Å²) < 4.78 is 18.3. The highest BCUT2D eigenvalue weighted by molar-refractivity contribution is 5.78. The van der Waals surface area contributed by atoms with Gasteiger partial charge in [0.05, 0.1) is 12.6 Å². The lowest BCUT2D eigenvalue weighted by Crippen LogP contribution is -2.41. The van der Waals surface area contributed by atoms with Gasteiger partial charge in [0.15, 0.2) is 0 Å². The summed E-state index contributed by atoms with van der Waals surface area (Å²) in [5.74, 6) is -0.267. The zero-order valence-electron chi connectivity index (χ0n) is 12.4. The summed E-state index contributed by atoms with van der Waals surface area (Å²) in [7, 11) is 0. The van der Waals surface area contributed by atoms with Gasteiger partial charge in [-0.05, 0) is 43.9 Å². The van der Waals surface area contributed by atoms with Gasteiger partial charge in [-0.25, -0.2) is 4.39 Å². The number of benzene rings is 1. The second kappa shape index (κ2) is 8.10. The van der Waals surface area contributed by atoms with Gasteiger partial charge in [-0.2, -0.15) is 0 Å². The van der Waals surface area contributed by atoms with Crippen molar-refractivity contribution in [1.82, 2.24) is 10.6 Å². The van der Waals surface area contributed by atoms with Crippen molar-refractivity contribution in [2.75, 3.05) is 19.7 Å². The predicted octanol–water partition coefficient (Wildman–Crippen LogP) is 1.64.